The molecule has 0 amide bonds. The predicted molar refractivity (Wildman–Crippen MR) is 186 cm³/mol. The Balaban J connectivity index is 0.00000353. The van der Waals surface area contributed by atoms with Gasteiger partial charge in [-0.2, -0.15) is 0 Å². The highest BCUT2D eigenvalue weighted by molar-refractivity contribution is 5.86. The Morgan fingerprint density at radius 1 is 0.457 bits per heavy atom. The monoisotopic (exact) mass is 693 g/mol. The van der Waals surface area contributed by atoms with Gasteiger partial charge in [-0.05, 0) is 98.7 Å². The van der Waals surface area contributed by atoms with Crippen molar-refractivity contribution in [1.29, 1.82) is 0 Å². The Labute approximate surface area is 286 Å². The van der Waals surface area contributed by atoms with Gasteiger partial charge in [-0.3, -0.25) is 20.2 Å². The van der Waals surface area contributed by atoms with E-state index in [9.17, 15) is 20.2 Å². The lowest BCUT2D eigenvalue weighted by Gasteiger charge is -2.09. The van der Waals surface area contributed by atoms with Crippen molar-refractivity contribution in [3.05, 3.63) is 128 Å². The summed E-state index contributed by atoms with van der Waals surface area (Å²) in [5, 5.41) is 31.9. The summed E-state index contributed by atoms with van der Waals surface area (Å²) in [5.41, 5.74) is 2.38. The van der Waals surface area contributed by atoms with Crippen LogP contribution in [0.2, 0.25) is 0 Å². The van der Waals surface area contributed by atoms with Crippen LogP contribution in [0.15, 0.2) is 97.1 Å². The average molecular weight is 695 g/mol. The van der Waals surface area contributed by atoms with Gasteiger partial charge in [0.25, 0.3) is 11.4 Å². The maximum atomic E-state index is 10.8. The van der Waals surface area contributed by atoms with Crippen LogP contribution in [0.25, 0.3) is 0 Å². The molecule has 0 saturated carbocycles. The van der Waals surface area contributed by atoms with Crippen molar-refractivity contribution in [2.75, 3.05) is 26.2 Å². The minimum absolute atomic E-state index is 0. The summed E-state index contributed by atoms with van der Waals surface area (Å²) in [6.45, 7) is 5.26. The highest BCUT2D eigenvalue weighted by Crippen LogP contribution is 2.25. The van der Waals surface area contributed by atoms with E-state index in [2.05, 4.69) is 16.0 Å². The van der Waals surface area contributed by atoms with Crippen LogP contribution < -0.4 is 25.4 Å². The van der Waals surface area contributed by atoms with Crippen LogP contribution in [-0.4, -0.2) is 36.0 Å². The summed E-state index contributed by atoms with van der Waals surface area (Å²) in [4.78, 5) is 20.6. The lowest BCUT2D eigenvalue weighted by atomic mass is 10.2. The number of nitrogens with zero attached hydrogens (tertiary/aromatic N) is 2. The molecule has 0 atom stereocenters. The number of rotatable bonds is 18. The zero-order valence-electron chi connectivity index (χ0n) is 25.0. The minimum Gasteiger partial charge on any atom is -0.457 e. The fraction of sp³-hybridized carbons (Fsp3) is 0.250. The molecule has 11 nitrogen and oxygen atoms in total. The Morgan fingerprint density at radius 3 is 1.04 bits per heavy atom. The Morgan fingerprint density at radius 2 is 0.739 bits per heavy atom. The first-order chi connectivity index (χ1) is 21.0. The van der Waals surface area contributed by atoms with Gasteiger partial charge < -0.3 is 25.4 Å². The number of nitro groups is 2. The number of nitro benzene ring substituents is 2. The maximum Gasteiger partial charge on any atom is 0.269 e. The smallest absolute Gasteiger partial charge is 0.269 e. The lowest BCUT2D eigenvalue weighted by molar-refractivity contribution is -0.385. The van der Waals surface area contributed by atoms with Crippen LogP contribution in [0.5, 0.6) is 23.0 Å². The van der Waals surface area contributed by atoms with E-state index in [-0.39, 0.29) is 48.6 Å². The van der Waals surface area contributed by atoms with E-state index in [1.165, 1.54) is 24.3 Å². The number of nitrogens with one attached hydrogen (secondary N) is 3. The van der Waals surface area contributed by atoms with E-state index in [1.54, 1.807) is 24.3 Å². The van der Waals surface area contributed by atoms with Gasteiger partial charge >= 0.3 is 0 Å². The first-order valence-electron chi connectivity index (χ1n) is 14.1. The van der Waals surface area contributed by atoms with Crippen LogP contribution >= 0.6 is 37.2 Å². The molecule has 46 heavy (non-hydrogen) atoms. The topological polar surface area (TPSA) is 141 Å². The molecule has 0 bridgehead atoms. The number of ether oxygens (including phenoxy) is 2. The van der Waals surface area contributed by atoms with Gasteiger partial charge in [0, 0.05) is 37.4 Å². The number of non-ortho nitro benzene ring substituents is 2. The van der Waals surface area contributed by atoms with Gasteiger partial charge in [0.1, 0.15) is 23.0 Å². The molecule has 0 aliphatic carbocycles. The van der Waals surface area contributed by atoms with Gasteiger partial charge in [-0.25, -0.2) is 0 Å². The fourth-order valence-corrected chi connectivity index (χ4v) is 4.16. The zero-order valence-corrected chi connectivity index (χ0v) is 27.4. The Hall–Kier alpha value is -3.97. The second-order valence-corrected chi connectivity index (χ2v) is 9.80. The van der Waals surface area contributed by atoms with Crippen molar-refractivity contribution in [3.63, 3.8) is 0 Å². The number of hydrogen-bond acceptors (Lipinski definition) is 9. The number of benzene rings is 4. The Kier molecular flexibility index (Phi) is 18.9. The summed E-state index contributed by atoms with van der Waals surface area (Å²) >= 11 is 0. The van der Waals surface area contributed by atoms with Crippen molar-refractivity contribution in [2.45, 2.75) is 25.9 Å². The van der Waals surface area contributed by atoms with Crippen LogP contribution in [0.4, 0.5) is 11.4 Å². The van der Waals surface area contributed by atoms with Crippen molar-refractivity contribution >= 4 is 48.6 Å². The van der Waals surface area contributed by atoms with Gasteiger partial charge in [-0.15, -0.1) is 37.2 Å². The first-order valence-corrected chi connectivity index (χ1v) is 14.1. The highest BCUT2D eigenvalue weighted by atomic mass is 35.5. The average Bonchev–Trinajstić information content (AvgIpc) is 3.02. The minimum atomic E-state index is -0.434. The molecular weight excluding hydrogens is 657 g/mol. The van der Waals surface area contributed by atoms with Gasteiger partial charge in [0.05, 0.1) is 9.85 Å². The van der Waals surface area contributed by atoms with Crippen molar-refractivity contribution in [1.82, 2.24) is 16.0 Å². The van der Waals surface area contributed by atoms with Crippen LogP contribution in [0.3, 0.4) is 0 Å². The standard InChI is InChI=1S/C32H35N5O6.3ClH/c38-36(39)27-7-15-31(16-8-27)42-29-11-3-25(4-12-29)23-34-21-1-19-33-20-2-22-35-24-26-5-13-30(14-6-26)43-32-17-9-28(10-18-32)37(40)41;;;/h3-18,33-35H,1-2,19-24H2;3*1H. The quantitative estimate of drug-likeness (QED) is 0.0545. The van der Waals surface area contributed by atoms with Crippen LogP contribution in [0.1, 0.15) is 24.0 Å². The summed E-state index contributed by atoms with van der Waals surface area (Å²) in [6, 6.07) is 27.6. The Bertz CT molecular complexity index is 1330. The van der Waals surface area contributed by atoms with E-state index in [1.807, 2.05) is 48.5 Å². The molecule has 0 saturated heterocycles. The molecule has 0 aliphatic heterocycles. The molecule has 0 fully saturated rings. The molecule has 0 unspecified atom stereocenters. The third kappa shape index (κ3) is 14.0. The highest BCUT2D eigenvalue weighted by Gasteiger charge is 2.06. The third-order valence-corrected chi connectivity index (χ3v) is 6.49. The summed E-state index contributed by atoms with van der Waals surface area (Å²) in [7, 11) is 0. The third-order valence-electron chi connectivity index (χ3n) is 6.49. The van der Waals surface area contributed by atoms with Gasteiger partial charge in [-0.1, -0.05) is 24.3 Å². The van der Waals surface area contributed by atoms with E-state index >= 15 is 0 Å². The van der Waals surface area contributed by atoms with Crippen LogP contribution in [0, 0.1) is 20.2 Å². The van der Waals surface area contributed by atoms with Crippen LogP contribution in [-0.2, 0) is 13.1 Å². The van der Waals surface area contributed by atoms with Gasteiger partial charge in [0.15, 0.2) is 0 Å². The molecule has 0 aromatic heterocycles. The van der Waals surface area contributed by atoms with Crippen molar-refractivity contribution in [2.24, 2.45) is 0 Å². The first kappa shape index (κ1) is 40.1. The van der Waals surface area contributed by atoms with Crippen molar-refractivity contribution in [3.8, 4) is 23.0 Å². The molecular formula is C32H38Cl3N5O6. The molecule has 3 N–H and O–H groups in total. The molecule has 0 heterocycles. The molecule has 0 aliphatic rings. The second kappa shape index (κ2) is 21.7. The molecule has 0 spiro atoms. The predicted octanol–water partition coefficient (Wildman–Crippen LogP) is 7.60. The molecule has 4 aromatic carbocycles. The SMILES string of the molecule is Cl.Cl.Cl.O=[N+]([O-])c1ccc(Oc2ccc(CNCCCNCCCNCc3ccc(Oc4ccc([N+](=O)[O-])cc4)cc3)cc2)cc1. The van der Waals surface area contributed by atoms with Crippen molar-refractivity contribution < 1.29 is 19.3 Å². The summed E-state index contributed by atoms with van der Waals surface area (Å²) in [5.74, 6) is 2.47. The van der Waals surface area contributed by atoms with E-state index in [0.717, 1.165) is 63.2 Å². The zero-order chi connectivity index (χ0) is 30.3. The molecule has 14 heteroatoms. The lowest BCUT2D eigenvalue weighted by Crippen LogP contribution is -2.25. The molecule has 0 radical (unpaired) electrons. The van der Waals surface area contributed by atoms with Gasteiger partial charge in [0.2, 0.25) is 0 Å². The maximum absolute atomic E-state index is 10.8. The fourth-order valence-electron chi connectivity index (χ4n) is 4.16. The van der Waals surface area contributed by atoms with E-state index in [0.29, 0.717) is 23.0 Å². The molecule has 4 aromatic rings. The normalized spacial score (nSPS) is 10.1. The number of halogens is 3. The summed E-state index contributed by atoms with van der Waals surface area (Å²) < 4.78 is 11.5. The molecule has 248 valence electrons. The van der Waals surface area contributed by atoms with E-state index < -0.39 is 9.85 Å². The van der Waals surface area contributed by atoms with E-state index in [4.69, 9.17) is 9.47 Å². The second-order valence-electron chi connectivity index (χ2n) is 9.80. The molecule has 4 rings (SSSR count). The summed E-state index contributed by atoms with van der Waals surface area (Å²) in [6.07, 6.45) is 2.06. The largest absolute Gasteiger partial charge is 0.457 e. The number of hydrogen-bond donors (Lipinski definition) is 3.